The summed E-state index contributed by atoms with van der Waals surface area (Å²) in [6, 6.07) is 6.17. The summed E-state index contributed by atoms with van der Waals surface area (Å²) < 4.78 is 13.2. The minimum Gasteiger partial charge on any atom is -0.355 e. The Hall–Kier alpha value is -1.42. The second-order valence-electron chi connectivity index (χ2n) is 4.30. The number of amides is 1. The molecule has 0 radical (unpaired) electrons. The molecular weight excluding hydrogens is 231 g/mol. The summed E-state index contributed by atoms with van der Waals surface area (Å²) in [5, 5.41) is 5.98. The number of likely N-dealkylation sites (N-methyl/N-ethyl adjacent to an activating group) is 1. The van der Waals surface area contributed by atoms with Crippen molar-refractivity contribution < 1.29 is 9.18 Å². The molecule has 2 N–H and O–H groups in total. The van der Waals surface area contributed by atoms with E-state index in [0.717, 1.165) is 12.0 Å². The van der Waals surface area contributed by atoms with E-state index in [4.69, 9.17) is 0 Å². The maximum absolute atomic E-state index is 13.2. The second kappa shape index (κ2) is 7.11. The maximum atomic E-state index is 13.2. The van der Waals surface area contributed by atoms with Crippen molar-refractivity contribution in [2.45, 2.75) is 39.3 Å². The number of hydrogen-bond acceptors (Lipinski definition) is 2. The number of hydrogen-bond donors (Lipinski definition) is 2. The van der Waals surface area contributed by atoms with Gasteiger partial charge in [-0.25, -0.2) is 4.39 Å². The van der Waals surface area contributed by atoms with Crippen LogP contribution in [0.1, 0.15) is 38.8 Å². The minimum absolute atomic E-state index is 0.0155. The van der Waals surface area contributed by atoms with Gasteiger partial charge < -0.3 is 5.32 Å². The molecule has 2 atom stereocenters. The van der Waals surface area contributed by atoms with E-state index in [9.17, 15) is 9.18 Å². The van der Waals surface area contributed by atoms with Crippen LogP contribution in [-0.2, 0) is 4.79 Å². The zero-order valence-electron chi connectivity index (χ0n) is 11.2. The highest BCUT2D eigenvalue weighted by atomic mass is 19.1. The van der Waals surface area contributed by atoms with Gasteiger partial charge in [0.2, 0.25) is 5.91 Å². The highest BCUT2D eigenvalue weighted by molar-refractivity contribution is 5.81. The van der Waals surface area contributed by atoms with Gasteiger partial charge in [0.1, 0.15) is 5.82 Å². The topological polar surface area (TPSA) is 41.1 Å². The predicted molar refractivity (Wildman–Crippen MR) is 70.7 cm³/mol. The molecule has 0 aliphatic rings. The molecule has 2 unspecified atom stereocenters. The Morgan fingerprint density at radius 2 is 2.11 bits per heavy atom. The van der Waals surface area contributed by atoms with Crippen LogP contribution in [0.4, 0.5) is 4.39 Å². The summed E-state index contributed by atoms with van der Waals surface area (Å²) >= 11 is 0. The third-order valence-electron chi connectivity index (χ3n) is 2.85. The average molecular weight is 252 g/mol. The summed E-state index contributed by atoms with van der Waals surface area (Å²) in [6.07, 6.45) is 0.799. The molecule has 0 saturated heterocycles. The standard InChI is InChI=1S/C14H21FN2O/c1-4-13(11-7-6-8-12(15)9-11)17-10(3)14(18)16-5-2/h6-10,13,17H,4-5H2,1-3H3,(H,16,18). The fraction of sp³-hybridized carbons (Fsp3) is 0.500. The molecule has 1 amide bonds. The molecule has 0 aromatic heterocycles. The molecule has 0 fully saturated rings. The summed E-state index contributed by atoms with van der Waals surface area (Å²) in [5.74, 6) is -0.286. The van der Waals surface area contributed by atoms with E-state index in [-0.39, 0.29) is 23.8 Å². The molecule has 1 aromatic carbocycles. The lowest BCUT2D eigenvalue weighted by Crippen LogP contribution is -2.43. The molecule has 1 rings (SSSR count). The Bertz CT molecular complexity index is 395. The predicted octanol–water partition coefficient (Wildman–Crippen LogP) is 2.39. The van der Waals surface area contributed by atoms with E-state index in [0.29, 0.717) is 6.54 Å². The lowest BCUT2D eigenvalue weighted by Gasteiger charge is -2.22. The van der Waals surface area contributed by atoms with Crippen LogP contribution in [0.5, 0.6) is 0 Å². The van der Waals surface area contributed by atoms with Crippen molar-refractivity contribution in [2.75, 3.05) is 6.54 Å². The van der Waals surface area contributed by atoms with E-state index in [1.165, 1.54) is 12.1 Å². The van der Waals surface area contributed by atoms with Crippen LogP contribution in [0.2, 0.25) is 0 Å². The SMILES string of the molecule is CCNC(=O)C(C)NC(CC)c1cccc(F)c1. The van der Waals surface area contributed by atoms with Gasteiger partial charge in [0, 0.05) is 12.6 Å². The molecule has 0 spiro atoms. The van der Waals surface area contributed by atoms with Crippen molar-refractivity contribution in [1.29, 1.82) is 0 Å². The van der Waals surface area contributed by atoms with Crippen LogP contribution in [0.3, 0.4) is 0 Å². The lowest BCUT2D eigenvalue weighted by atomic mass is 10.0. The van der Waals surface area contributed by atoms with E-state index in [1.807, 2.05) is 26.8 Å². The number of carbonyl (C=O) groups is 1. The molecular formula is C14H21FN2O. The molecule has 0 aliphatic carbocycles. The van der Waals surface area contributed by atoms with Gasteiger partial charge in [-0.2, -0.15) is 0 Å². The van der Waals surface area contributed by atoms with E-state index < -0.39 is 0 Å². The smallest absolute Gasteiger partial charge is 0.236 e. The van der Waals surface area contributed by atoms with Gasteiger partial charge in [-0.3, -0.25) is 10.1 Å². The third-order valence-corrected chi connectivity index (χ3v) is 2.85. The van der Waals surface area contributed by atoms with E-state index >= 15 is 0 Å². The van der Waals surface area contributed by atoms with Gasteiger partial charge in [-0.15, -0.1) is 0 Å². The van der Waals surface area contributed by atoms with Gasteiger partial charge in [-0.05, 0) is 38.0 Å². The summed E-state index contributed by atoms with van der Waals surface area (Å²) in [6.45, 7) is 6.32. The molecule has 3 nitrogen and oxygen atoms in total. The quantitative estimate of drug-likeness (QED) is 0.816. The molecule has 4 heteroatoms. The van der Waals surface area contributed by atoms with Crippen LogP contribution in [0, 0.1) is 5.82 Å². The van der Waals surface area contributed by atoms with Crippen molar-refractivity contribution >= 4 is 5.91 Å². The third kappa shape index (κ3) is 4.11. The zero-order chi connectivity index (χ0) is 13.5. The fourth-order valence-corrected chi connectivity index (χ4v) is 1.88. The molecule has 18 heavy (non-hydrogen) atoms. The zero-order valence-corrected chi connectivity index (χ0v) is 11.2. The van der Waals surface area contributed by atoms with Gasteiger partial charge >= 0.3 is 0 Å². The van der Waals surface area contributed by atoms with Gasteiger partial charge in [-0.1, -0.05) is 19.1 Å². The van der Waals surface area contributed by atoms with Crippen LogP contribution in [0.25, 0.3) is 0 Å². The molecule has 0 heterocycles. The normalized spacial score (nSPS) is 14.0. The van der Waals surface area contributed by atoms with Crippen LogP contribution < -0.4 is 10.6 Å². The first kappa shape index (κ1) is 14.6. The van der Waals surface area contributed by atoms with E-state index in [1.54, 1.807) is 6.07 Å². The Labute approximate surface area is 108 Å². The van der Waals surface area contributed by atoms with Crippen LogP contribution >= 0.6 is 0 Å². The number of rotatable bonds is 6. The summed E-state index contributed by atoms with van der Waals surface area (Å²) in [5.41, 5.74) is 0.869. The Balaban J connectivity index is 2.70. The number of carbonyl (C=O) groups excluding carboxylic acids is 1. The number of halogens is 1. The first-order valence-electron chi connectivity index (χ1n) is 6.37. The van der Waals surface area contributed by atoms with Gasteiger partial charge in [0.05, 0.1) is 6.04 Å². The van der Waals surface area contributed by atoms with Gasteiger partial charge in [0.25, 0.3) is 0 Å². The summed E-state index contributed by atoms with van der Waals surface area (Å²) in [4.78, 5) is 11.6. The van der Waals surface area contributed by atoms with Crippen molar-refractivity contribution in [3.8, 4) is 0 Å². The second-order valence-corrected chi connectivity index (χ2v) is 4.30. The highest BCUT2D eigenvalue weighted by Crippen LogP contribution is 2.18. The Morgan fingerprint density at radius 3 is 2.67 bits per heavy atom. The van der Waals surface area contributed by atoms with Crippen molar-refractivity contribution in [3.63, 3.8) is 0 Å². The molecule has 100 valence electrons. The summed E-state index contributed by atoms with van der Waals surface area (Å²) in [7, 11) is 0. The van der Waals surface area contributed by atoms with Gasteiger partial charge in [0.15, 0.2) is 0 Å². The maximum Gasteiger partial charge on any atom is 0.236 e. The van der Waals surface area contributed by atoms with E-state index in [2.05, 4.69) is 10.6 Å². The first-order valence-corrected chi connectivity index (χ1v) is 6.37. The molecule has 0 bridgehead atoms. The molecule has 0 aliphatic heterocycles. The Kier molecular flexibility index (Phi) is 5.78. The van der Waals surface area contributed by atoms with Crippen LogP contribution in [0.15, 0.2) is 24.3 Å². The minimum atomic E-state index is -0.293. The highest BCUT2D eigenvalue weighted by Gasteiger charge is 2.17. The lowest BCUT2D eigenvalue weighted by molar-refractivity contribution is -0.122. The molecule has 0 saturated carbocycles. The van der Waals surface area contributed by atoms with Crippen molar-refractivity contribution in [3.05, 3.63) is 35.6 Å². The average Bonchev–Trinajstić information content (AvgIpc) is 2.35. The molecule has 1 aromatic rings. The Morgan fingerprint density at radius 1 is 1.39 bits per heavy atom. The first-order chi connectivity index (χ1) is 8.58. The van der Waals surface area contributed by atoms with Crippen molar-refractivity contribution in [2.24, 2.45) is 0 Å². The monoisotopic (exact) mass is 252 g/mol. The number of benzene rings is 1. The van der Waals surface area contributed by atoms with Crippen LogP contribution in [-0.4, -0.2) is 18.5 Å². The van der Waals surface area contributed by atoms with Crippen molar-refractivity contribution in [1.82, 2.24) is 10.6 Å². The largest absolute Gasteiger partial charge is 0.355 e. The number of nitrogens with one attached hydrogen (secondary N) is 2. The fourth-order valence-electron chi connectivity index (χ4n) is 1.88.